The van der Waals surface area contributed by atoms with E-state index in [4.69, 9.17) is 4.74 Å². The molecule has 5 nitrogen and oxygen atoms in total. The van der Waals surface area contributed by atoms with Gasteiger partial charge in [-0.05, 0) is 31.5 Å². The number of rotatable bonds is 6. The van der Waals surface area contributed by atoms with Gasteiger partial charge in [0, 0.05) is 13.1 Å². The Labute approximate surface area is 132 Å². The number of esters is 1. The fraction of sp³-hybridized carbons (Fsp3) is 0.467. The SMILES string of the molecule is CC(C)OC(=O)CCNC(=O)NCc1cccc(C(F)(F)F)c1. The van der Waals surface area contributed by atoms with Crippen molar-refractivity contribution in [3.8, 4) is 0 Å². The summed E-state index contributed by atoms with van der Waals surface area (Å²) >= 11 is 0. The van der Waals surface area contributed by atoms with Gasteiger partial charge in [-0.1, -0.05) is 12.1 Å². The third kappa shape index (κ3) is 7.53. The molecule has 1 rings (SSSR count). The Kier molecular flexibility index (Phi) is 6.87. The van der Waals surface area contributed by atoms with Crippen LogP contribution in [0.15, 0.2) is 24.3 Å². The molecule has 0 fully saturated rings. The molecule has 1 aromatic carbocycles. The van der Waals surface area contributed by atoms with Crippen LogP contribution < -0.4 is 10.6 Å². The summed E-state index contributed by atoms with van der Waals surface area (Å²) in [6.07, 6.45) is -4.62. The summed E-state index contributed by atoms with van der Waals surface area (Å²) < 4.78 is 42.6. The maximum atomic E-state index is 12.6. The van der Waals surface area contributed by atoms with Gasteiger partial charge < -0.3 is 15.4 Å². The van der Waals surface area contributed by atoms with E-state index in [0.29, 0.717) is 5.56 Å². The van der Waals surface area contributed by atoms with Crippen LogP contribution >= 0.6 is 0 Å². The molecule has 8 heteroatoms. The average Bonchev–Trinajstić information content (AvgIpc) is 2.43. The van der Waals surface area contributed by atoms with Crippen LogP contribution in [0.5, 0.6) is 0 Å². The number of carbonyl (C=O) groups excluding carboxylic acids is 2. The van der Waals surface area contributed by atoms with Crippen molar-refractivity contribution in [2.75, 3.05) is 6.54 Å². The van der Waals surface area contributed by atoms with E-state index >= 15 is 0 Å². The van der Waals surface area contributed by atoms with Crippen LogP contribution in [-0.2, 0) is 22.3 Å². The minimum Gasteiger partial charge on any atom is -0.463 e. The molecule has 0 aliphatic rings. The van der Waals surface area contributed by atoms with Gasteiger partial charge in [-0.15, -0.1) is 0 Å². The molecule has 0 aromatic heterocycles. The van der Waals surface area contributed by atoms with E-state index in [1.807, 2.05) is 0 Å². The maximum Gasteiger partial charge on any atom is 0.416 e. The lowest BCUT2D eigenvalue weighted by molar-refractivity contribution is -0.147. The zero-order valence-electron chi connectivity index (χ0n) is 12.9. The summed E-state index contributed by atoms with van der Waals surface area (Å²) in [5, 5.41) is 4.85. The number of hydrogen-bond donors (Lipinski definition) is 2. The van der Waals surface area contributed by atoms with Gasteiger partial charge in [0.15, 0.2) is 0 Å². The second-order valence-corrected chi connectivity index (χ2v) is 5.10. The number of carbonyl (C=O) groups is 2. The average molecular weight is 332 g/mol. The monoisotopic (exact) mass is 332 g/mol. The molecule has 0 unspecified atom stereocenters. The molecule has 2 amide bonds. The van der Waals surface area contributed by atoms with Crippen molar-refractivity contribution in [3.05, 3.63) is 35.4 Å². The van der Waals surface area contributed by atoms with Crippen LogP contribution in [0.4, 0.5) is 18.0 Å². The van der Waals surface area contributed by atoms with E-state index in [0.717, 1.165) is 12.1 Å². The summed E-state index contributed by atoms with van der Waals surface area (Å²) in [4.78, 5) is 22.8. The number of hydrogen-bond acceptors (Lipinski definition) is 3. The van der Waals surface area contributed by atoms with E-state index in [1.54, 1.807) is 13.8 Å². The molecule has 0 aliphatic heterocycles. The molecule has 0 atom stereocenters. The molecule has 0 radical (unpaired) electrons. The Morgan fingerprint density at radius 2 is 1.91 bits per heavy atom. The van der Waals surface area contributed by atoms with Crippen LogP contribution in [0.3, 0.4) is 0 Å². The Hall–Kier alpha value is -2.25. The molecular weight excluding hydrogens is 313 g/mol. The first kappa shape index (κ1) is 18.8. The minimum absolute atomic E-state index is 0.0230. The highest BCUT2D eigenvalue weighted by Gasteiger charge is 2.30. The fourth-order valence-corrected chi connectivity index (χ4v) is 1.70. The number of alkyl halides is 3. The molecule has 0 bridgehead atoms. The van der Waals surface area contributed by atoms with E-state index < -0.39 is 23.7 Å². The van der Waals surface area contributed by atoms with Gasteiger partial charge in [-0.2, -0.15) is 13.2 Å². The molecule has 0 aliphatic carbocycles. The van der Waals surface area contributed by atoms with Crippen LogP contribution in [0, 0.1) is 0 Å². The van der Waals surface area contributed by atoms with Gasteiger partial charge in [0.25, 0.3) is 0 Å². The Morgan fingerprint density at radius 3 is 2.52 bits per heavy atom. The second-order valence-electron chi connectivity index (χ2n) is 5.10. The summed E-state index contributed by atoms with van der Waals surface area (Å²) in [5.74, 6) is -0.432. The normalized spacial score (nSPS) is 11.2. The molecule has 0 saturated heterocycles. The molecular formula is C15H19F3N2O3. The number of halogens is 3. The molecule has 0 heterocycles. The third-order valence-electron chi connectivity index (χ3n) is 2.69. The van der Waals surface area contributed by atoms with Crippen molar-refractivity contribution >= 4 is 12.0 Å². The van der Waals surface area contributed by atoms with Gasteiger partial charge in [-0.25, -0.2) is 4.79 Å². The smallest absolute Gasteiger partial charge is 0.416 e. The molecule has 1 aromatic rings. The van der Waals surface area contributed by atoms with Crippen LogP contribution in [0.25, 0.3) is 0 Å². The standard InChI is InChI=1S/C15H19F3N2O3/c1-10(2)23-13(21)6-7-19-14(22)20-9-11-4-3-5-12(8-11)15(16,17)18/h3-5,8,10H,6-7,9H2,1-2H3,(H2,19,20,22). The van der Waals surface area contributed by atoms with Gasteiger partial charge in [-0.3, -0.25) is 4.79 Å². The van der Waals surface area contributed by atoms with Gasteiger partial charge in [0.05, 0.1) is 18.1 Å². The zero-order valence-corrected chi connectivity index (χ0v) is 12.9. The number of ether oxygens (including phenoxy) is 1. The van der Waals surface area contributed by atoms with Crippen LogP contribution in [-0.4, -0.2) is 24.6 Å². The van der Waals surface area contributed by atoms with Crippen molar-refractivity contribution in [2.45, 2.75) is 39.1 Å². The van der Waals surface area contributed by atoms with E-state index in [9.17, 15) is 22.8 Å². The summed E-state index contributed by atoms with van der Waals surface area (Å²) in [6.45, 7) is 3.46. The lowest BCUT2D eigenvalue weighted by Crippen LogP contribution is -2.36. The molecule has 2 N–H and O–H groups in total. The van der Waals surface area contributed by atoms with Crippen molar-refractivity contribution in [2.24, 2.45) is 0 Å². The zero-order chi connectivity index (χ0) is 17.5. The van der Waals surface area contributed by atoms with Gasteiger partial charge in [0.1, 0.15) is 0 Å². The summed E-state index contributed by atoms with van der Waals surface area (Å²) in [6, 6.07) is 4.12. The van der Waals surface area contributed by atoms with Crippen molar-refractivity contribution in [1.29, 1.82) is 0 Å². The predicted octanol–water partition coefficient (Wildman–Crippen LogP) is 2.85. The highest BCUT2D eigenvalue weighted by molar-refractivity contribution is 5.75. The fourth-order valence-electron chi connectivity index (χ4n) is 1.70. The lowest BCUT2D eigenvalue weighted by atomic mass is 10.1. The first-order chi connectivity index (χ1) is 10.7. The largest absolute Gasteiger partial charge is 0.463 e. The number of amides is 2. The van der Waals surface area contributed by atoms with Gasteiger partial charge >= 0.3 is 18.2 Å². The number of nitrogens with one attached hydrogen (secondary N) is 2. The first-order valence-corrected chi connectivity index (χ1v) is 7.06. The van der Waals surface area contributed by atoms with Gasteiger partial charge in [0.2, 0.25) is 0 Å². The highest BCUT2D eigenvalue weighted by atomic mass is 19.4. The van der Waals surface area contributed by atoms with E-state index in [1.165, 1.54) is 12.1 Å². The lowest BCUT2D eigenvalue weighted by Gasteiger charge is -2.11. The highest BCUT2D eigenvalue weighted by Crippen LogP contribution is 2.29. The van der Waals surface area contributed by atoms with Crippen molar-refractivity contribution < 1.29 is 27.5 Å². The minimum atomic E-state index is -4.42. The van der Waals surface area contributed by atoms with E-state index in [-0.39, 0.29) is 25.6 Å². The Morgan fingerprint density at radius 1 is 1.22 bits per heavy atom. The Balaban J connectivity index is 2.35. The molecule has 0 spiro atoms. The summed E-state index contributed by atoms with van der Waals surface area (Å²) in [7, 11) is 0. The number of urea groups is 1. The molecule has 128 valence electrons. The molecule has 0 saturated carbocycles. The summed E-state index contributed by atoms with van der Waals surface area (Å²) in [5.41, 5.74) is -0.442. The molecule has 23 heavy (non-hydrogen) atoms. The maximum absolute atomic E-state index is 12.6. The van der Waals surface area contributed by atoms with E-state index in [2.05, 4.69) is 10.6 Å². The van der Waals surface area contributed by atoms with Crippen LogP contribution in [0.2, 0.25) is 0 Å². The quantitative estimate of drug-likeness (QED) is 0.787. The first-order valence-electron chi connectivity index (χ1n) is 7.06. The van der Waals surface area contributed by atoms with Crippen molar-refractivity contribution in [3.63, 3.8) is 0 Å². The third-order valence-corrected chi connectivity index (χ3v) is 2.69. The van der Waals surface area contributed by atoms with Crippen molar-refractivity contribution in [1.82, 2.24) is 10.6 Å². The van der Waals surface area contributed by atoms with Crippen LogP contribution in [0.1, 0.15) is 31.4 Å². The topological polar surface area (TPSA) is 67.4 Å². The number of benzene rings is 1. The second kappa shape index (κ2) is 8.40. The predicted molar refractivity (Wildman–Crippen MR) is 77.5 cm³/mol. The Bertz CT molecular complexity index is 545.